The van der Waals surface area contributed by atoms with E-state index in [2.05, 4.69) is 50.3 Å². The summed E-state index contributed by atoms with van der Waals surface area (Å²) in [6, 6.07) is 0. The van der Waals surface area contributed by atoms with E-state index < -0.39 is 43.4 Å². The topological polar surface area (TPSA) is 135 Å². The van der Waals surface area contributed by atoms with E-state index in [1.54, 1.807) is 0 Å². The highest BCUT2D eigenvalue weighted by atomic mass is 16.7. The Labute approximate surface area is 330 Å². The minimum atomic E-state index is -1.54. The standard InChI is InChI=1S/C45H82O9/c1-3-5-7-9-11-13-14-15-16-17-18-19-20-21-22-23-24-25-27-29-31-33-35-51-37-39(38-52-45-44(50)43(49)42(48)40(36-46)54-45)53-41(47)34-32-30-28-26-12-10-8-6-4-2/h14-15,17-18,20-21,39-40,42-46,48-50H,3-13,16,19,22-38H2,1-2H3/b15-14-,18-17-,21-20-. The summed E-state index contributed by atoms with van der Waals surface area (Å²) >= 11 is 0. The van der Waals surface area contributed by atoms with Gasteiger partial charge in [-0.15, -0.1) is 0 Å². The van der Waals surface area contributed by atoms with Crippen LogP contribution in [0, 0.1) is 0 Å². The van der Waals surface area contributed by atoms with E-state index in [1.807, 2.05) is 0 Å². The minimum Gasteiger partial charge on any atom is -0.457 e. The second-order valence-electron chi connectivity index (χ2n) is 15.1. The fourth-order valence-electron chi connectivity index (χ4n) is 6.56. The maximum Gasteiger partial charge on any atom is 0.306 e. The average Bonchev–Trinajstić information content (AvgIpc) is 3.17. The molecule has 1 aliphatic rings. The number of allylic oxidation sites excluding steroid dienone is 6. The number of aliphatic hydroxyl groups excluding tert-OH is 4. The lowest BCUT2D eigenvalue weighted by molar-refractivity contribution is -0.305. The lowest BCUT2D eigenvalue weighted by atomic mass is 9.99. The molecule has 0 aliphatic carbocycles. The number of hydrogen-bond acceptors (Lipinski definition) is 9. The van der Waals surface area contributed by atoms with E-state index in [1.165, 1.54) is 103 Å². The highest BCUT2D eigenvalue weighted by Crippen LogP contribution is 2.22. The van der Waals surface area contributed by atoms with Gasteiger partial charge in [-0.2, -0.15) is 0 Å². The molecule has 0 bridgehead atoms. The van der Waals surface area contributed by atoms with Crippen LogP contribution in [0.5, 0.6) is 0 Å². The maximum atomic E-state index is 12.7. The molecule has 9 nitrogen and oxygen atoms in total. The Morgan fingerprint density at radius 3 is 1.61 bits per heavy atom. The van der Waals surface area contributed by atoms with Crippen molar-refractivity contribution in [2.45, 2.75) is 218 Å². The maximum absolute atomic E-state index is 12.7. The van der Waals surface area contributed by atoms with Crippen LogP contribution in [0.25, 0.3) is 0 Å². The van der Waals surface area contributed by atoms with Gasteiger partial charge >= 0.3 is 5.97 Å². The van der Waals surface area contributed by atoms with Crippen molar-refractivity contribution in [2.24, 2.45) is 0 Å². The van der Waals surface area contributed by atoms with E-state index in [0.717, 1.165) is 57.8 Å². The predicted molar refractivity (Wildman–Crippen MR) is 219 cm³/mol. The molecule has 0 aromatic rings. The largest absolute Gasteiger partial charge is 0.457 e. The Kier molecular flexibility index (Phi) is 34.6. The van der Waals surface area contributed by atoms with Crippen LogP contribution in [0.1, 0.15) is 181 Å². The van der Waals surface area contributed by atoms with Crippen LogP contribution >= 0.6 is 0 Å². The Morgan fingerprint density at radius 2 is 1.07 bits per heavy atom. The van der Waals surface area contributed by atoms with Crippen molar-refractivity contribution in [1.29, 1.82) is 0 Å². The predicted octanol–water partition coefficient (Wildman–Crippen LogP) is 9.58. The first-order valence-electron chi connectivity index (χ1n) is 22.1. The molecule has 9 heteroatoms. The van der Waals surface area contributed by atoms with E-state index in [4.69, 9.17) is 18.9 Å². The molecule has 1 saturated heterocycles. The molecule has 6 atom stereocenters. The van der Waals surface area contributed by atoms with Crippen LogP contribution in [0.4, 0.5) is 0 Å². The van der Waals surface area contributed by atoms with Crippen molar-refractivity contribution in [2.75, 3.05) is 26.4 Å². The molecule has 0 radical (unpaired) electrons. The SMILES string of the molecule is CCCCCCC/C=C\C/C=C\C/C=C\CCCCCCCCCOCC(COC1OC(CO)C(O)C(O)C1O)OC(=O)CCCCCCCCCCC. The number of hydrogen-bond donors (Lipinski definition) is 4. The molecule has 0 aromatic carbocycles. The Balaban J connectivity index is 2.22. The quantitative estimate of drug-likeness (QED) is 0.0277. The third-order valence-electron chi connectivity index (χ3n) is 10.1. The number of carbonyl (C=O) groups excluding carboxylic acids is 1. The first-order valence-corrected chi connectivity index (χ1v) is 22.1. The number of unbranched alkanes of at least 4 members (excludes halogenated alkanes) is 20. The zero-order valence-corrected chi connectivity index (χ0v) is 34.5. The van der Waals surface area contributed by atoms with Crippen LogP contribution in [0.3, 0.4) is 0 Å². The van der Waals surface area contributed by atoms with Gasteiger partial charge in [0.2, 0.25) is 0 Å². The molecule has 1 fully saturated rings. The molecule has 0 aromatic heterocycles. The lowest BCUT2D eigenvalue weighted by Gasteiger charge is -2.39. The second kappa shape index (κ2) is 37.0. The molecular formula is C45H82O9. The Hall–Kier alpha value is -1.59. The van der Waals surface area contributed by atoms with Crippen LogP contribution in [0.2, 0.25) is 0 Å². The van der Waals surface area contributed by atoms with Crippen LogP contribution < -0.4 is 0 Å². The normalized spacial score (nSPS) is 21.2. The van der Waals surface area contributed by atoms with Gasteiger partial charge in [-0.1, -0.05) is 159 Å². The first-order chi connectivity index (χ1) is 26.4. The van der Waals surface area contributed by atoms with E-state index in [9.17, 15) is 25.2 Å². The van der Waals surface area contributed by atoms with E-state index in [0.29, 0.717) is 13.0 Å². The lowest BCUT2D eigenvalue weighted by Crippen LogP contribution is -2.59. The van der Waals surface area contributed by atoms with Crippen molar-refractivity contribution in [1.82, 2.24) is 0 Å². The molecule has 4 N–H and O–H groups in total. The number of aliphatic hydroxyl groups is 4. The minimum absolute atomic E-state index is 0.116. The van der Waals surface area contributed by atoms with E-state index >= 15 is 0 Å². The van der Waals surface area contributed by atoms with Gasteiger partial charge in [-0.3, -0.25) is 4.79 Å². The molecule has 0 spiro atoms. The van der Waals surface area contributed by atoms with Crippen LogP contribution in [-0.2, 0) is 23.7 Å². The fourth-order valence-corrected chi connectivity index (χ4v) is 6.56. The van der Waals surface area contributed by atoms with Crippen molar-refractivity contribution in [3.63, 3.8) is 0 Å². The van der Waals surface area contributed by atoms with Crippen molar-refractivity contribution >= 4 is 5.97 Å². The Bertz CT molecular complexity index is 921. The van der Waals surface area contributed by atoms with Crippen LogP contribution in [-0.4, -0.2) is 89.6 Å². The molecule has 1 aliphatic heterocycles. The molecule has 1 rings (SSSR count). The van der Waals surface area contributed by atoms with Crippen LogP contribution in [0.15, 0.2) is 36.5 Å². The van der Waals surface area contributed by atoms with Gasteiger partial charge in [0.1, 0.15) is 30.5 Å². The first kappa shape index (κ1) is 50.4. The number of esters is 1. The van der Waals surface area contributed by atoms with Gasteiger partial charge in [0.25, 0.3) is 0 Å². The van der Waals surface area contributed by atoms with Gasteiger partial charge in [0, 0.05) is 13.0 Å². The highest BCUT2D eigenvalue weighted by molar-refractivity contribution is 5.69. The summed E-state index contributed by atoms with van der Waals surface area (Å²) in [7, 11) is 0. The summed E-state index contributed by atoms with van der Waals surface area (Å²) in [5, 5.41) is 40.0. The van der Waals surface area contributed by atoms with Crippen molar-refractivity contribution in [3.05, 3.63) is 36.5 Å². The third kappa shape index (κ3) is 27.9. The van der Waals surface area contributed by atoms with Crippen molar-refractivity contribution < 1.29 is 44.2 Å². The number of rotatable bonds is 37. The average molecular weight is 767 g/mol. The molecule has 316 valence electrons. The number of carbonyl (C=O) groups is 1. The monoisotopic (exact) mass is 767 g/mol. The highest BCUT2D eigenvalue weighted by Gasteiger charge is 2.44. The fraction of sp³-hybridized carbons (Fsp3) is 0.844. The molecular weight excluding hydrogens is 684 g/mol. The zero-order chi connectivity index (χ0) is 39.3. The molecule has 54 heavy (non-hydrogen) atoms. The summed E-state index contributed by atoms with van der Waals surface area (Å²) in [5.74, 6) is -0.321. The van der Waals surface area contributed by atoms with Gasteiger partial charge in [0.05, 0.1) is 19.8 Å². The molecule has 0 amide bonds. The summed E-state index contributed by atoms with van der Waals surface area (Å²) in [4.78, 5) is 12.7. The smallest absolute Gasteiger partial charge is 0.306 e. The molecule has 1 heterocycles. The van der Waals surface area contributed by atoms with Gasteiger partial charge in [-0.05, 0) is 51.4 Å². The summed E-state index contributed by atoms with van der Waals surface area (Å²) in [6.45, 7) is 4.50. The van der Waals surface area contributed by atoms with E-state index in [-0.39, 0.29) is 19.2 Å². The Morgan fingerprint density at radius 1 is 0.593 bits per heavy atom. The summed E-state index contributed by atoms with van der Waals surface area (Å²) < 4.78 is 22.7. The van der Waals surface area contributed by atoms with Gasteiger partial charge < -0.3 is 39.4 Å². The second-order valence-corrected chi connectivity index (χ2v) is 15.1. The number of ether oxygens (including phenoxy) is 4. The zero-order valence-electron chi connectivity index (χ0n) is 34.5. The summed E-state index contributed by atoms with van der Waals surface area (Å²) in [6.07, 6.45) is 36.1. The molecule has 6 unspecified atom stereocenters. The molecule has 0 saturated carbocycles. The summed E-state index contributed by atoms with van der Waals surface area (Å²) in [5.41, 5.74) is 0. The van der Waals surface area contributed by atoms with Gasteiger partial charge in [0.15, 0.2) is 6.29 Å². The van der Waals surface area contributed by atoms with Crippen molar-refractivity contribution in [3.8, 4) is 0 Å². The third-order valence-corrected chi connectivity index (χ3v) is 10.1. The van der Waals surface area contributed by atoms with Gasteiger partial charge in [-0.25, -0.2) is 0 Å².